The summed E-state index contributed by atoms with van der Waals surface area (Å²) in [6.45, 7) is 1.94. The van der Waals surface area contributed by atoms with Gasteiger partial charge in [-0.15, -0.1) is 0 Å². The Kier molecular flexibility index (Phi) is 5.60. The first-order valence-electron chi connectivity index (χ1n) is 10.5. The number of pyridine rings is 1. The maximum atomic E-state index is 13.0. The van der Waals surface area contributed by atoms with E-state index in [1.165, 1.54) is 6.42 Å². The van der Waals surface area contributed by atoms with E-state index in [0.29, 0.717) is 11.5 Å². The van der Waals surface area contributed by atoms with Crippen molar-refractivity contribution in [1.29, 1.82) is 0 Å². The highest BCUT2D eigenvalue weighted by Gasteiger charge is 2.26. The second kappa shape index (κ2) is 8.29. The molecule has 0 spiro atoms. The summed E-state index contributed by atoms with van der Waals surface area (Å²) in [5.41, 5.74) is 3.41. The van der Waals surface area contributed by atoms with Gasteiger partial charge in [0.05, 0.1) is 11.1 Å². The Morgan fingerprint density at radius 3 is 2.75 bits per heavy atom. The van der Waals surface area contributed by atoms with E-state index >= 15 is 0 Å². The molecule has 2 unspecified atom stereocenters. The topological polar surface area (TPSA) is 68.3 Å². The van der Waals surface area contributed by atoms with Crippen molar-refractivity contribution in [2.24, 2.45) is 5.92 Å². The summed E-state index contributed by atoms with van der Waals surface area (Å²) in [5, 5.41) is 3.86. The fourth-order valence-corrected chi connectivity index (χ4v) is 4.59. The summed E-state index contributed by atoms with van der Waals surface area (Å²) < 4.78 is 5.46. The highest BCUT2D eigenvalue weighted by atomic mass is 16.5. The zero-order valence-corrected chi connectivity index (χ0v) is 16.5. The number of nitrogens with zero attached hydrogens (tertiary/aromatic N) is 1. The van der Waals surface area contributed by atoms with Crippen LogP contribution in [-0.2, 0) is 22.4 Å². The summed E-state index contributed by atoms with van der Waals surface area (Å²) >= 11 is 0. The van der Waals surface area contributed by atoms with E-state index in [4.69, 9.17) is 9.72 Å². The Balaban J connectivity index is 1.50. The molecule has 5 nitrogen and oxygen atoms in total. The first-order chi connectivity index (χ1) is 13.6. The minimum absolute atomic E-state index is 0.189. The number of nitrogens with one attached hydrogen (secondary N) is 1. The van der Waals surface area contributed by atoms with E-state index in [9.17, 15) is 9.59 Å². The van der Waals surface area contributed by atoms with Crippen LogP contribution in [-0.4, -0.2) is 29.5 Å². The predicted molar refractivity (Wildman–Crippen MR) is 108 cm³/mol. The van der Waals surface area contributed by atoms with Crippen LogP contribution in [0.15, 0.2) is 24.3 Å². The number of amides is 1. The number of rotatable bonds is 4. The van der Waals surface area contributed by atoms with Crippen molar-refractivity contribution in [2.45, 2.75) is 64.3 Å². The minimum atomic E-state index is -0.413. The van der Waals surface area contributed by atoms with Crippen molar-refractivity contribution in [3.63, 3.8) is 0 Å². The number of carbonyl (C=O) groups is 2. The number of carbonyl (C=O) groups excluding carboxylic acids is 2. The third-order valence-corrected chi connectivity index (χ3v) is 6.17. The first kappa shape index (κ1) is 18.9. The molecule has 28 heavy (non-hydrogen) atoms. The van der Waals surface area contributed by atoms with Crippen molar-refractivity contribution in [2.75, 3.05) is 6.61 Å². The molecule has 1 heterocycles. The van der Waals surface area contributed by atoms with E-state index in [1.54, 1.807) is 0 Å². The van der Waals surface area contributed by atoms with Gasteiger partial charge in [0.2, 0.25) is 0 Å². The van der Waals surface area contributed by atoms with Crippen molar-refractivity contribution < 1.29 is 14.3 Å². The summed E-state index contributed by atoms with van der Waals surface area (Å²) in [5.74, 6) is -0.146. The number of aromatic nitrogens is 1. The van der Waals surface area contributed by atoms with Gasteiger partial charge in [-0.25, -0.2) is 4.79 Å². The maximum absolute atomic E-state index is 13.0. The van der Waals surface area contributed by atoms with Crippen molar-refractivity contribution in [3.8, 4) is 0 Å². The molecule has 2 aliphatic carbocycles. The average molecular weight is 380 g/mol. The molecule has 0 saturated heterocycles. The highest BCUT2D eigenvalue weighted by Crippen LogP contribution is 2.30. The quantitative estimate of drug-likeness (QED) is 0.815. The summed E-state index contributed by atoms with van der Waals surface area (Å²) in [4.78, 5) is 30.1. The molecular weight excluding hydrogens is 352 g/mol. The molecule has 0 radical (unpaired) electrons. The molecule has 1 saturated carbocycles. The first-order valence-corrected chi connectivity index (χ1v) is 10.5. The van der Waals surface area contributed by atoms with Crippen LogP contribution in [0.1, 0.15) is 67.1 Å². The number of ether oxygens (including phenoxy) is 1. The van der Waals surface area contributed by atoms with Gasteiger partial charge in [0.25, 0.3) is 5.91 Å². The molecule has 2 aliphatic rings. The Hall–Kier alpha value is -2.43. The monoisotopic (exact) mass is 380 g/mol. The van der Waals surface area contributed by atoms with Crippen molar-refractivity contribution in [3.05, 3.63) is 41.1 Å². The smallest absolute Gasteiger partial charge is 0.339 e. The number of hydrogen-bond acceptors (Lipinski definition) is 4. The van der Waals surface area contributed by atoms with Crippen LogP contribution in [0.3, 0.4) is 0 Å². The number of benzene rings is 1. The summed E-state index contributed by atoms with van der Waals surface area (Å²) in [6, 6.07) is 7.87. The molecule has 148 valence electrons. The third-order valence-electron chi connectivity index (χ3n) is 6.17. The normalized spacial score (nSPS) is 21.8. The second-order valence-corrected chi connectivity index (χ2v) is 8.15. The second-order valence-electron chi connectivity index (χ2n) is 8.15. The van der Waals surface area contributed by atoms with Crippen LogP contribution in [0, 0.1) is 5.92 Å². The Morgan fingerprint density at radius 2 is 1.89 bits per heavy atom. The fourth-order valence-electron chi connectivity index (χ4n) is 4.59. The zero-order chi connectivity index (χ0) is 19.5. The van der Waals surface area contributed by atoms with Gasteiger partial charge >= 0.3 is 5.97 Å². The lowest BCUT2D eigenvalue weighted by Gasteiger charge is -2.29. The van der Waals surface area contributed by atoms with Crippen LogP contribution in [0.5, 0.6) is 0 Å². The van der Waals surface area contributed by atoms with E-state index in [-0.39, 0.29) is 18.6 Å². The molecule has 5 heteroatoms. The highest BCUT2D eigenvalue weighted by molar-refractivity contribution is 6.05. The molecule has 4 rings (SSSR count). The van der Waals surface area contributed by atoms with Crippen LogP contribution in [0.2, 0.25) is 0 Å². The number of esters is 1. The zero-order valence-electron chi connectivity index (χ0n) is 16.5. The average Bonchev–Trinajstić information content (AvgIpc) is 2.72. The SMILES string of the molecule is CC1CCCCC1NC(=O)COC(=O)c1c2c(nc3ccccc13)CCCC2. The molecule has 0 bridgehead atoms. The molecule has 2 aromatic rings. The van der Waals surface area contributed by atoms with Crippen molar-refractivity contribution in [1.82, 2.24) is 10.3 Å². The lowest BCUT2D eigenvalue weighted by Crippen LogP contribution is -2.42. The number of aryl methyl sites for hydroxylation is 1. The van der Waals surface area contributed by atoms with E-state index < -0.39 is 5.97 Å². The van der Waals surface area contributed by atoms with Gasteiger partial charge in [-0.05, 0) is 56.1 Å². The van der Waals surface area contributed by atoms with Crippen LogP contribution >= 0.6 is 0 Å². The van der Waals surface area contributed by atoms with Gasteiger partial charge in [0.15, 0.2) is 6.61 Å². The maximum Gasteiger partial charge on any atom is 0.339 e. The van der Waals surface area contributed by atoms with E-state index in [2.05, 4.69) is 12.2 Å². The van der Waals surface area contributed by atoms with E-state index in [0.717, 1.165) is 67.1 Å². The summed E-state index contributed by atoms with van der Waals surface area (Å²) in [6.07, 6.45) is 8.38. The molecular formula is C23H28N2O3. The molecule has 1 fully saturated rings. The molecule has 1 aromatic heterocycles. The van der Waals surface area contributed by atoms with Crippen LogP contribution in [0.25, 0.3) is 10.9 Å². The Morgan fingerprint density at radius 1 is 1.11 bits per heavy atom. The lowest BCUT2D eigenvalue weighted by atomic mass is 9.86. The Bertz CT molecular complexity index is 893. The van der Waals surface area contributed by atoms with Crippen LogP contribution < -0.4 is 5.32 Å². The Labute approximate surface area is 165 Å². The molecule has 2 atom stereocenters. The van der Waals surface area contributed by atoms with Gasteiger partial charge in [0, 0.05) is 17.1 Å². The predicted octanol–water partition coefficient (Wildman–Crippen LogP) is 3.97. The van der Waals surface area contributed by atoms with Crippen molar-refractivity contribution >= 4 is 22.8 Å². The van der Waals surface area contributed by atoms with Gasteiger partial charge in [-0.1, -0.05) is 38.0 Å². The standard InChI is InChI=1S/C23H28N2O3/c1-15-8-2-5-11-18(15)25-21(26)14-28-23(27)22-16-9-3-6-12-19(16)24-20-13-7-4-10-17(20)22/h3,6,9,12,15,18H,2,4-5,7-8,10-11,13-14H2,1H3,(H,25,26). The molecule has 1 amide bonds. The van der Waals surface area contributed by atoms with Gasteiger partial charge in [-0.3, -0.25) is 9.78 Å². The van der Waals surface area contributed by atoms with E-state index in [1.807, 2.05) is 24.3 Å². The fraction of sp³-hybridized carbons (Fsp3) is 0.522. The van der Waals surface area contributed by atoms with Gasteiger partial charge in [0.1, 0.15) is 0 Å². The molecule has 1 N–H and O–H groups in total. The summed E-state index contributed by atoms with van der Waals surface area (Å²) in [7, 11) is 0. The number of hydrogen-bond donors (Lipinski definition) is 1. The van der Waals surface area contributed by atoms with Crippen LogP contribution in [0.4, 0.5) is 0 Å². The third kappa shape index (κ3) is 3.89. The van der Waals surface area contributed by atoms with Gasteiger partial charge < -0.3 is 10.1 Å². The molecule has 1 aromatic carbocycles. The largest absolute Gasteiger partial charge is 0.452 e. The number of fused-ring (bicyclic) bond motifs is 2. The molecule has 0 aliphatic heterocycles. The lowest BCUT2D eigenvalue weighted by molar-refractivity contribution is -0.125. The number of para-hydroxylation sites is 1. The van der Waals surface area contributed by atoms with Gasteiger partial charge in [-0.2, -0.15) is 0 Å². The minimum Gasteiger partial charge on any atom is -0.452 e.